The molecular formula is C6H4F2INO. The van der Waals surface area contributed by atoms with Crippen molar-refractivity contribution in [3.8, 4) is 0 Å². The van der Waals surface area contributed by atoms with Crippen LogP contribution < -0.4 is 5.56 Å². The summed E-state index contributed by atoms with van der Waals surface area (Å²) < 4.78 is 24.2. The molecule has 0 bridgehead atoms. The zero-order valence-corrected chi connectivity index (χ0v) is 7.43. The summed E-state index contributed by atoms with van der Waals surface area (Å²) in [6.07, 6.45) is -2.61. The van der Waals surface area contributed by atoms with Crippen LogP contribution in [-0.2, 0) is 0 Å². The van der Waals surface area contributed by atoms with E-state index in [1.54, 1.807) is 22.6 Å². The summed E-state index contributed by atoms with van der Waals surface area (Å²) in [7, 11) is 0. The van der Waals surface area contributed by atoms with Crippen molar-refractivity contribution in [1.29, 1.82) is 0 Å². The Hall–Kier alpha value is -0.460. The molecule has 2 nitrogen and oxygen atoms in total. The van der Waals surface area contributed by atoms with Crippen molar-refractivity contribution in [3.63, 3.8) is 0 Å². The molecule has 1 rings (SSSR count). The molecular weight excluding hydrogens is 267 g/mol. The molecule has 0 fully saturated rings. The van der Waals surface area contributed by atoms with Gasteiger partial charge in [0.2, 0.25) is 0 Å². The van der Waals surface area contributed by atoms with Crippen molar-refractivity contribution in [2.75, 3.05) is 0 Å². The lowest BCUT2D eigenvalue weighted by molar-refractivity contribution is 0.146. The molecule has 0 spiro atoms. The van der Waals surface area contributed by atoms with E-state index >= 15 is 0 Å². The maximum atomic E-state index is 11.9. The number of hydrogen-bond donors (Lipinski definition) is 1. The minimum atomic E-state index is -2.61. The number of nitrogens with one attached hydrogen (secondary N) is 1. The van der Waals surface area contributed by atoms with Crippen LogP contribution in [0.2, 0.25) is 0 Å². The van der Waals surface area contributed by atoms with Crippen molar-refractivity contribution < 1.29 is 8.78 Å². The number of H-pyrrole nitrogens is 1. The first-order valence-corrected chi connectivity index (χ1v) is 3.86. The van der Waals surface area contributed by atoms with E-state index in [1.807, 2.05) is 0 Å². The van der Waals surface area contributed by atoms with Crippen LogP contribution in [-0.4, -0.2) is 4.98 Å². The summed E-state index contributed by atoms with van der Waals surface area (Å²) in [5.74, 6) is 0. The highest BCUT2D eigenvalue weighted by atomic mass is 127. The maximum Gasteiger partial charge on any atom is 0.278 e. The molecule has 0 amide bonds. The molecule has 1 N–H and O–H groups in total. The van der Waals surface area contributed by atoms with E-state index in [-0.39, 0.29) is 5.69 Å². The van der Waals surface area contributed by atoms with Crippen LogP contribution in [0.15, 0.2) is 16.9 Å². The quantitative estimate of drug-likeness (QED) is 0.777. The van der Waals surface area contributed by atoms with Crippen LogP contribution in [0, 0.1) is 3.57 Å². The maximum absolute atomic E-state index is 11.9. The lowest BCUT2D eigenvalue weighted by atomic mass is 10.4. The Morgan fingerprint density at radius 1 is 1.45 bits per heavy atom. The molecule has 0 aliphatic carbocycles. The van der Waals surface area contributed by atoms with Gasteiger partial charge in [0.05, 0.1) is 9.26 Å². The second-order valence-electron chi connectivity index (χ2n) is 1.89. The minimum absolute atomic E-state index is 0.338. The van der Waals surface area contributed by atoms with Crippen molar-refractivity contribution in [2.45, 2.75) is 6.43 Å². The number of halogens is 3. The number of pyridine rings is 1. The zero-order chi connectivity index (χ0) is 8.43. The van der Waals surface area contributed by atoms with Crippen LogP contribution in [0.4, 0.5) is 8.78 Å². The number of rotatable bonds is 1. The average Bonchev–Trinajstić information content (AvgIpc) is 1.94. The molecule has 0 aliphatic heterocycles. The fraction of sp³-hybridized carbons (Fsp3) is 0.167. The molecule has 0 atom stereocenters. The molecule has 11 heavy (non-hydrogen) atoms. The van der Waals surface area contributed by atoms with Crippen LogP contribution >= 0.6 is 22.6 Å². The Bertz CT molecular complexity index is 310. The van der Waals surface area contributed by atoms with E-state index in [1.165, 1.54) is 12.1 Å². The van der Waals surface area contributed by atoms with Gasteiger partial charge in [-0.05, 0) is 34.7 Å². The number of aromatic amines is 1. The van der Waals surface area contributed by atoms with Gasteiger partial charge in [0.1, 0.15) is 0 Å². The molecule has 1 heterocycles. The first kappa shape index (κ1) is 8.63. The molecule has 5 heteroatoms. The van der Waals surface area contributed by atoms with E-state index in [0.29, 0.717) is 3.57 Å². The van der Waals surface area contributed by atoms with Crippen molar-refractivity contribution >= 4 is 22.6 Å². The number of hydrogen-bond acceptors (Lipinski definition) is 1. The topological polar surface area (TPSA) is 32.9 Å². The van der Waals surface area contributed by atoms with Gasteiger partial charge in [-0.2, -0.15) is 0 Å². The monoisotopic (exact) mass is 271 g/mol. The SMILES string of the molecule is O=c1[nH]c(C(F)F)ccc1I. The van der Waals surface area contributed by atoms with E-state index in [2.05, 4.69) is 4.98 Å². The molecule has 0 radical (unpaired) electrons. The molecule has 60 valence electrons. The summed E-state index contributed by atoms with van der Waals surface area (Å²) in [5.41, 5.74) is -0.807. The van der Waals surface area contributed by atoms with Crippen molar-refractivity contribution in [1.82, 2.24) is 4.98 Å². The zero-order valence-electron chi connectivity index (χ0n) is 5.27. The summed E-state index contributed by atoms with van der Waals surface area (Å²) in [6, 6.07) is 2.56. The fourth-order valence-electron chi connectivity index (χ4n) is 0.598. The summed E-state index contributed by atoms with van der Waals surface area (Å²) in [4.78, 5) is 12.8. The third-order valence-electron chi connectivity index (χ3n) is 1.12. The van der Waals surface area contributed by atoms with Gasteiger partial charge in [0.15, 0.2) is 0 Å². The average molecular weight is 271 g/mol. The Morgan fingerprint density at radius 3 is 2.55 bits per heavy atom. The predicted octanol–water partition coefficient (Wildman–Crippen LogP) is 1.92. The smallest absolute Gasteiger partial charge is 0.278 e. The Kier molecular flexibility index (Phi) is 2.58. The lowest BCUT2D eigenvalue weighted by Gasteiger charge is -1.97. The van der Waals surface area contributed by atoms with E-state index in [4.69, 9.17) is 0 Å². The Balaban J connectivity index is 3.16. The first-order chi connectivity index (χ1) is 5.11. The molecule has 1 aromatic heterocycles. The third-order valence-corrected chi connectivity index (χ3v) is 1.97. The number of alkyl halides is 2. The van der Waals surface area contributed by atoms with Gasteiger partial charge in [-0.3, -0.25) is 4.79 Å². The highest BCUT2D eigenvalue weighted by Crippen LogP contribution is 2.14. The molecule has 0 aromatic carbocycles. The summed E-state index contributed by atoms with van der Waals surface area (Å²) >= 11 is 1.78. The highest BCUT2D eigenvalue weighted by molar-refractivity contribution is 14.1. The second-order valence-corrected chi connectivity index (χ2v) is 3.05. The van der Waals surface area contributed by atoms with Gasteiger partial charge < -0.3 is 4.98 Å². The van der Waals surface area contributed by atoms with Gasteiger partial charge in [0, 0.05) is 0 Å². The first-order valence-electron chi connectivity index (χ1n) is 2.78. The third kappa shape index (κ3) is 1.98. The van der Waals surface area contributed by atoms with Gasteiger partial charge >= 0.3 is 0 Å². The fourth-order valence-corrected chi connectivity index (χ4v) is 0.913. The molecule has 0 saturated carbocycles. The Morgan fingerprint density at radius 2 is 2.09 bits per heavy atom. The summed E-state index contributed by atoms with van der Waals surface area (Å²) in [5, 5.41) is 0. The van der Waals surface area contributed by atoms with E-state index < -0.39 is 12.0 Å². The highest BCUT2D eigenvalue weighted by Gasteiger charge is 2.07. The van der Waals surface area contributed by atoms with E-state index in [0.717, 1.165) is 0 Å². The lowest BCUT2D eigenvalue weighted by Crippen LogP contribution is -2.11. The van der Waals surface area contributed by atoms with Crippen molar-refractivity contribution in [3.05, 3.63) is 31.8 Å². The van der Waals surface area contributed by atoms with Gasteiger partial charge in [-0.15, -0.1) is 0 Å². The van der Waals surface area contributed by atoms with Crippen LogP contribution in [0.1, 0.15) is 12.1 Å². The van der Waals surface area contributed by atoms with Gasteiger partial charge in [-0.1, -0.05) is 0 Å². The van der Waals surface area contributed by atoms with Crippen molar-refractivity contribution in [2.24, 2.45) is 0 Å². The molecule has 0 saturated heterocycles. The van der Waals surface area contributed by atoms with Crippen LogP contribution in [0.5, 0.6) is 0 Å². The molecule has 1 aromatic rings. The van der Waals surface area contributed by atoms with Gasteiger partial charge in [0.25, 0.3) is 12.0 Å². The van der Waals surface area contributed by atoms with Crippen LogP contribution in [0.3, 0.4) is 0 Å². The molecule has 0 unspecified atom stereocenters. The standard InChI is InChI=1S/C6H4F2INO/c7-5(8)4-2-1-3(9)6(11)10-4/h1-2,5H,(H,10,11). The van der Waals surface area contributed by atoms with Crippen LogP contribution in [0.25, 0.3) is 0 Å². The van der Waals surface area contributed by atoms with Gasteiger partial charge in [-0.25, -0.2) is 8.78 Å². The minimum Gasteiger partial charge on any atom is -0.320 e. The summed E-state index contributed by atoms with van der Waals surface area (Å²) in [6.45, 7) is 0. The number of aromatic nitrogens is 1. The van der Waals surface area contributed by atoms with E-state index in [9.17, 15) is 13.6 Å². The largest absolute Gasteiger partial charge is 0.320 e. The normalized spacial score (nSPS) is 10.5. The Labute approximate surface area is 74.8 Å². The molecule has 0 aliphatic rings. The second kappa shape index (κ2) is 3.29. The predicted molar refractivity (Wildman–Crippen MR) is 44.7 cm³/mol.